The zero-order valence-electron chi connectivity index (χ0n) is 10.6. The summed E-state index contributed by atoms with van der Waals surface area (Å²) in [5.41, 5.74) is -0.442. The molecule has 0 aromatic carbocycles. The number of pyridine rings is 1. The van der Waals surface area contributed by atoms with Crippen molar-refractivity contribution in [3.63, 3.8) is 0 Å². The van der Waals surface area contributed by atoms with Gasteiger partial charge in [-0.25, -0.2) is 9.97 Å². The van der Waals surface area contributed by atoms with E-state index in [0.29, 0.717) is 0 Å². The van der Waals surface area contributed by atoms with Crippen LogP contribution in [0.1, 0.15) is 11.7 Å². The molecule has 8 nitrogen and oxygen atoms in total. The second-order valence-electron chi connectivity index (χ2n) is 4.74. The molecule has 1 aliphatic heterocycles. The molecule has 4 N–H and O–H groups in total. The van der Waals surface area contributed by atoms with Gasteiger partial charge >= 0.3 is 0 Å². The Morgan fingerprint density at radius 2 is 2.14 bits per heavy atom. The molecular formula is C12H12FN3O5. The number of aliphatic hydroxyl groups is 3. The largest absolute Gasteiger partial charge is 0.394 e. The third-order valence-corrected chi connectivity index (χ3v) is 3.41. The zero-order chi connectivity index (χ0) is 15.1. The molecule has 0 spiro atoms. The van der Waals surface area contributed by atoms with Crippen LogP contribution in [0.25, 0.3) is 11.2 Å². The molecular weight excluding hydrogens is 285 g/mol. The highest BCUT2D eigenvalue weighted by Crippen LogP contribution is 2.32. The monoisotopic (exact) mass is 297 g/mol. The highest BCUT2D eigenvalue weighted by atomic mass is 19.1. The van der Waals surface area contributed by atoms with Crippen LogP contribution in [0.5, 0.6) is 0 Å². The number of hydrogen-bond donors (Lipinski definition) is 4. The molecule has 0 bridgehead atoms. The summed E-state index contributed by atoms with van der Waals surface area (Å²) in [5.74, 6) is -0.818. The van der Waals surface area contributed by atoms with E-state index in [0.717, 1.165) is 6.20 Å². The molecule has 9 heteroatoms. The molecule has 21 heavy (non-hydrogen) atoms. The van der Waals surface area contributed by atoms with Crippen molar-refractivity contribution in [1.82, 2.24) is 15.0 Å². The van der Waals surface area contributed by atoms with E-state index in [4.69, 9.17) is 9.84 Å². The highest BCUT2D eigenvalue weighted by Gasteiger charge is 2.44. The molecule has 0 radical (unpaired) electrons. The number of aromatic nitrogens is 3. The number of H-pyrrole nitrogens is 1. The van der Waals surface area contributed by atoms with E-state index in [1.807, 2.05) is 0 Å². The maximum Gasteiger partial charge on any atom is 0.255 e. The molecule has 112 valence electrons. The summed E-state index contributed by atoms with van der Waals surface area (Å²) in [4.78, 5) is 21.7. The molecule has 3 heterocycles. The summed E-state index contributed by atoms with van der Waals surface area (Å²) in [6.07, 6.45) is -3.99. The van der Waals surface area contributed by atoms with E-state index in [-0.39, 0.29) is 16.7 Å². The molecule has 4 atom stereocenters. The van der Waals surface area contributed by atoms with Crippen molar-refractivity contribution < 1.29 is 24.4 Å². The molecule has 0 amide bonds. The van der Waals surface area contributed by atoms with Gasteiger partial charge in [-0.15, -0.1) is 0 Å². The number of ether oxygens (including phenoxy) is 1. The van der Waals surface area contributed by atoms with Crippen LogP contribution in [0, 0.1) is 5.95 Å². The second-order valence-corrected chi connectivity index (χ2v) is 4.74. The Balaban J connectivity index is 2.08. The maximum absolute atomic E-state index is 13.1. The van der Waals surface area contributed by atoms with Crippen molar-refractivity contribution in [1.29, 1.82) is 0 Å². The van der Waals surface area contributed by atoms with Crippen molar-refractivity contribution in [3.05, 3.63) is 34.1 Å². The van der Waals surface area contributed by atoms with Gasteiger partial charge in [0, 0.05) is 0 Å². The van der Waals surface area contributed by atoms with E-state index in [9.17, 15) is 19.4 Å². The van der Waals surface area contributed by atoms with E-state index < -0.39 is 42.5 Å². The third kappa shape index (κ3) is 2.29. The van der Waals surface area contributed by atoms with Crippen molar-refractivity contribution in [2.24, 2.45) is 0 Å². The summed E-state index contributed by atoms with van der Waals surface area (Å²) < 4.78 is 18.4. The first-order chi connectivity index (χ1) is 10.0. The van der Waals surface area contributed by atoms with Gasteiger partial charge in [-0.2, -0.15) is 4.39 Å². The molecule has 1 saturated heterocycles. The van der Waals surface area contributed by atoms with Gasteiger partial charge in [0.25, 0.3) is 5.56 Å². The van der Waals surface area contributed by atoms with Gasteiger partial charge in [0.1, 0.15) is 29.9 Å². The topological polar surface area (TPSA) is 129 Å². The predicted molar refractivity (Wildman–Crippen MR) is 66.8 cm³/mol. The lowest BCUT2D eigenvalue weighted by molar-refractivity contribution is -0.0231. The average Bonchev–Trinajstić information content (AvgIpc) is 2.75. The molecule has 3 rings (SSSR count). The normalized spacial score (nSPS) is 29.1. The van der Waals surface area contributed by atoms with Crippen LogP contribution < -0.4 is 5.56 Å². The Kier molecular flexibility index (Phi) is 3.41. The fraction of sp³-hybridized carbons (Fsp3) is 0.417. The predicted octanol–water partition coefficient (Wildman–Crippen LogP) is -1.39. The molecule has 2 aromatic rings. The van der Waals surface area contributed by atoms with Gasteiger partial charge in [0.15, 0.2) is 5.65 Å². The van der Waals surface area contributed by atoms with Crippen molar-refractivity contribution in [2.75, 3.05) is 6.61 Å². The smallest absolute Gasteiger partial charge is 0.255 e. The summed E-state index contributed by atoms with van der Waals surface area (Å²) in [6, 6.07) is 1.24. The van der Waals surface area contributed by atoms with Crippen LogP contribution in [-0.2, 0) is 4.74 Å². The summed E-state index contributed by atoms with van der Waals surface area (Å²) >= 11 is 0. The van der Waals surface area contributed by atoms with E-state index in [1.165, 1.54) is 6.07 Å². The average molecular weight is 297 g/mol. The Labute approximate surface area is 116 Å². The first-order valence-corrected chi connectivity index (χ1v) is 6.19. The Bertz CT molecular complexity index is 736. The molecule has 0 aliphatic carbocycles. The van der Waals surface area contributed by atoms with Gasteiger partial charge in [-0.05, 0) is 6.07 Å². The van der Waals surface area contributed by atoms with Crippen molar-refractivity contribution >= 4 is 11.2 Å². The number of aromatic amines is 1. The summed E-state index contributed by atoms with van der Waals surface area (Å²) in [5, 5.41) is 28.7. The number of rotatable bonds is 2. The molecule has 2 aromatic heterocycles. The molecule has 1 unspecified atom stereocenters. The van der Waals surface area contributed by atoms with Gasteiger partial charge in [-0.3, -0.25) is 4.79 Å². The summed E-state index contributed by atoms with van der Waals surface area (Å²) in [6.45, 7) is -0.505. The zero-order valence-corrected chi connectivity index (χ0v) is 10.6. The number of hydrogen-bond acceptors (Lipinski definition) is 7. The standard InChI is InChI=1S/C12H12FN3O5/c13-7-2-14-11-5(15-7)1-4(12(20)16-11)10-9(19)8(18)6(3-17)21-10/h1-2,6,8-10,17-19H,3H2,(H,14,16,20)/t6-,8+,9?,10+/m1/s1. The van der Waals surface area contributed by atoms with Crippen molar-refractivity contribution in [2.45, 2.75) is 24.4 Å². The van der Waals surface area contributed by atoms with Crippen LogP contribution in [0.2, 0.25) is 0 Å². The lowest BCUT2D eigenvalue weighted by Crippen LogP contribution is -2.33. The highest BCUT2D eigenvalue weighted by molar-refractivity contribution is 5.69. The van der Waals surface area contributed by atoms with Crippen LogP contribution in [0.15, 0.2) is 17.1 Å². The van der Waals surface area contributed by atoms with E-state index >= 15 is 0 Å². The minimum absolute atomic E-state index is 0.0232. The lowest BCUT2D eigenvalue weighted by atomic mass is 10.0. The van der Waals surface area contributed by atoms with Crippen LogP contribution in [0.3, 0.4) is 0 Å². The number of halogens is 1. The Morgan fingerprint density at radius 3 is 2.81 bits per heavy atom. The number of nitrogens with one attached hydrogen (secondary N) is 1. The molecule has 0 saturated carbocycles. The molecule has 1 fully saturated rings. The number of fused-ring (bicyclic) bond motifs is 1. The number of aliphatic hydroxyl groups excluding tert-OH is 3. The minimum atomic E-state index is -1.39. The molecule has 1 aliphatic rings. The fourth-order valence-electron chi connectivity index (χ4n) is 2.34. The van der Waals surface area contributed by atoms with Crippen LogP contribution >= 0.6 is 0 Å². The maximum atomic E-state index is 13.1. The van der Waals surface area contributed by atoms with E-state index in [2.05, 4.69) is 15.0 Å². The van der Waals surface area contributed by atoms with Crippen LogP contribution in [-0.4, -0.2) is 55.2 Å². The van der Waals surface area contributed by atoms with Gasteiger partial charge in [0.05, 0.1) is 18.4 Å². The second kappa shape index (κ2) is 5.11. The van der Waals surface area contributed by atoms with Crippen molar-refractivity contribution in [3.8, 4) is 0 Å². The fourth-order valence-corrected chi connectivity index (χ4v) is 2.34. The van der Waals surface area contributed by atoms with Gasteiger partial charge < -0.3 is 25.0 Å². The quantitative estimate of drug-likeness (QED) is 0.537. The van der Waals surface area contributed by atoms with Gasteiger partial charge in [-0.1, -0.05) is 0 Å². The summed E-state index contributed by atoms with van der Waals surface area (Å²) in [7, 11) is 0. The number of nitrogens with zero attached hydrogens (tertiary/aromatic N) is 2. The first kappa shape index (κ1) is 14.0. The Morgan fingerprint density at radius 1 is 1.38 bits per heavy atom. The first-order valence-electron chi connectivity index (χ1n) is 6.19. The minimum Gasteiger partial charge on any atom is -0.394 e. The Hall–Kier alpha value is -1.94. The third-order valence-electron chi connectivity index (χ3n) is 3.41. The van der Waals surface area contributed by atoms with E-state index in [1.54, 1.807) is 0 Å². The lowest BCUT2D eigenvalue weighted by Gasteiger charge is -2.14. The van der Waals surface area contributed by atoms with Crippen LogP contribution in [0.4, 0.5) is 4.39 Å². The van der Waals surface area contributed by atoms with Gasteiger partial charge in [0.2, 0.25) is 5.95 Å². The SMILES string of the molecule is O=c1[nH]c2ncc(F)nc2cc1[C@@H]1O[C@H](CO)[C@H](O)C1O.